The van der Waals surface area contributed by atoms with Crippen molar-refractivity contribution in [3.8, 4) is 21.7 Å². The quantitative estimate of drug-likeness (QED) is 0.383. The van der Waals surface area contributed by atoms with Crippen molar-refractivity contribution in [3.05, 3.63) is 82.1 Å². The summed E-state index contributed by atoms with van der Waals surface area (Å²) in [4.78, 5) is 30.6. The van der Waals surface area contributed by atoms with Gasteiger partial charge in [-0.05, 0) is 42.8 Å². The number of aromatic nitrogens is 5. The molecule has 0 aliphatic carbocycles. The van der Waals surface area contributed by atoms with Crippen molar-refractivity contribution in [1.29, 1.82) is 0 Å². The van der Waals surface area contributed by atoms with Crippen LogP contribution in [0.15, 0.2) is 60.1 Å². The Morgan fingerprint density at radius 2 is 1.95 bits per heavy atom. The highest BCUT2D eigenvalue weighted by Crippen LogP contribution is 2.33. The van der Waals surface area contributed by atoms with Gasteiger partial charge < -0.3 is 4.98 Å². The maximum Gasteiger partial charge on any atom is 0.261 e. The molecule has 2 aliphatic rings. The van der Waals surface area contributed by atoms with Gasteiger partial charge >= 0.3 is 0 Å². The lowest BCUT2D eigenvalue weighted by Gasteiger charge is -2.15. The second-order valence-electron chi connectivity index (χ2n) is 9.50. The van der Waals surface area contributed by atoms with Gasteiger partial charge in [-0.15, -0.1) is 11.3 Å². The van der Waals surface area contributed by atoms with Crippen LogP contribution in [0.3, 0.4) is 0 Å². The normalized spacial score (nSPS) is 16.6. The number of pyridine rings is 3. The summed E-state index contributed by atoms with van der Waals surface area (Å²) in [5.74, 6) is -1.96. The number of rotatable bonds is 5. The molecule has 1 fully saturated rings. The topological polar surface area (TPSA) is 83.0 Å². The third-order valence-corrected chi connectivity index (χ3v) is 7.73. The zero-order chi connectivity index (χ0) is 25.1. The van der Waals surface area contributed by atoms with Gasteiger partial charge in [0.05, 0.1) is 29.3 Å². The zero-order valence-corrected chi connectivity index (χ0v) is 20.7. The fourth-order valence-corrected chi connectivity index (χ4v) is 5.76. The van der Waals surface area contributed by atoms with Gasteiger partial charge in [0.2, 0.25) is 0 Å². The summed E-state index contributed by atoms with van der Waals surface area (Å²) < 4.78 is 27.2. The van der Waals surface area contributed by atoms with Crippen LogP contribution in [0.25, 0.3) is 38.4 Å². The second-order valence-corrected chi connectivity index (χ2v) is 10.8. The predicted octanol–water partition coefficient (Wildman–Crippen LogP) is 4.08. The number of nitrogens with zero attached hydrogens (tertiary/aromatic N) is 6. The molecule has 0 saturated carbocycles. The molecular weight excluding hydrogens is 492 g/mol. The van der Waals surface area contributed by atoms with Crippen LogP contribution in [-0.4, -0.2) is 48.8 Å². The lowest BCUT2D eigenvalue weighted by molar-refractivity contribution is 0.0115. The first-order chi connectivity index (χ1) is 17.9. The number of halogens is 2. The molecule has 7 rings (SSSR count). The predicted molar refractivity (Wildman–Crippen MR) is 138 cm³/mol. The Hall–Kier alpha value is -3.89. The van der Waals surface area contributed by atoms with Crippen LogP contribution in [0, 0.1) is 6.92 Å². The van der Waals surface area contributed by atoms with E-state index >= 15 is 0 Å². The molecule has 2 aliphatic heterocycles. The maximum absolute atomic E-state index is 13.6. The highest BCUT2D eigenvalue weighted by Gasteiger charge is 2.37. The number of thiophene rings is 1. The van der Waals surface area contributed by atoms with Crippen LogP contribution in [0.5, 0.6) is 0 Å². The maximum atomic E-state index is 13.6. The number of imidazole rings is 1. The largest absolute Gasteiger partial charge is 0.335 e. The SMILES string of the molecule is Cc1ccc(-c2cncc3[nH]c(C4=c5nc(-c6cncc(CN7CCC(F)(F)C7)c6)ccc5=N4)nc23)s1. The number of aryl methyl sites for hydroxylation is 1. The van der Waals surface area contributed by atoms with Crippen LogP contribution < -0.4 is 10.7 Å². The molecule has 7 nitrogen and oxygen atoms in total. The van der Waals surface area contributed by atoms with Crippen molar-refractivity contribution in [1.82, 2.24) is 29.8 Å². The number of hydrogen-bond acceptors (Lipinski definition) is 7. The van der Waals surface area contributed by atoms with Crippen molar-refractivity contribution in [2.45, 2.75) is 25.8 Å². The molecule has 5 aromatic rings. The standard InChI is InChI=1S/C27H21F2N7S/c1-15-2-5-22(37-15)18-11-31-12-21-23(18)35-26(34-21)25-24-20(33-25)4-3-19(32-24)17-8-16(9-30-10-17)13-36-7-6-27(28,29)14-36/h2-5,8-12H,6-7,13-14H2,1H3,(H,34,35). The summed E-state index contributed by atoms with van der Waals surface area (Å²) in [7, 11) is 0. The minimum absolute atomic E-state index is 0.0963. The third-order valence-electron chi connectivity index (χ3n) is 6.70. The van der Waals surface area contributed by atoms with Crippen molar-refractivity contribution in [2.75, 3.05) is 13.1 Å². The first-order valence-electron chi connectivity index (χ1n) is 12.0. The van der Waals surface area contributed by atoms with E-state index in [1.54, 1.807) is 34.8 Å². The number of aromatic amines is 1. The number of hydrogen-bond donors (Lipinski definition) is 1. The van der Waals surface area contributed by atoms with Gasteiger partial charge in [-0.25, -0.2) is 23.7 Å². The summed E-state index contributed by atoms with van der Waals surface area (Å²) in [5, 5.41) is 1.57. The number of alkyl halides is 2. The summed E-state index contributed by atoms with van der Waals surface area (Å²) in [6.45, 7) is 2.69. The molecule has 0 bridgehead atoms. The summed E-state index contributed by atoms with van der Waals surface area (Å²) in [6.07, 6.45) is 6.99. The summed E-state index contributed by atoms with van der Waals surface area (Å²) in [5.41, 5.74) is 5.85. The molecule has 0 amide bonds. The van der Waals surface area contributed by atoms with Gasteiger partial charge in [-0.2, -0.15) is 0 Å². The Morgan fingerprint density at radius 3 is 2.76 bits per heavy atom. The van der Waals surface area contributed by atoms with Gasteiger partial charge in [-0.1, -0.05) is 0 Å². The van der Waals surface area contributed by atoms with Gasteiger partial charge in [0.25, 0.3) is 5.92 Å². The van der Waals surface area contributed by atoms with Crippen LogP contribution in [0.2, 0.25) is 0 Å². The number of fused-ring (bicyclic) bond motifs is 2. The van der Waals surface area contributed by atoms with Crippen molar-refractivity contribution >= 4 is 28.1 Å². The Morgan fingerprint density at radius 1 is 1.05 bits per heavy atom. The van der Waals surface area contributed by atoms with Gasteiger partial charge in [0, 0.05) is 59.0 Å². The molecule has 0 atom stereocenters. The van der Waals surface area contributed by atoms with E-state index in [0.717, 1.165) is 49.0 Å². The van der Waals surface area contributed by atoms with Crippen molar-refractivity contribution in [3.63, 3.8) is 0 Å². The smallest absolute Gasteiger partial charge is 0.261 e. The Balaban J connectivity index is 1.23. The molecule has 0 aromatic carbocycles. The summed E-state index contributed by atoms with van der Waals surface area (Å²) >= 11 is 1.71. The van der Waals surface area contributed by atoms with E-state index in [1.165, 1.54) is 4.88 Å². The Kier molecular flexibility index (Phi) is 5.02. The van der Waals surface area contributed by atoms with Gasteiger partial charge in [0.1, 0.15) is 16.6 Å². The molecule has 1 saturated heterocycles. The molecule has 0 radical (unpaired) electrons. The number of nitrogens with one attached hydrogen (secondary N) is 1. The molecule has 0 unspecified atom stereocenters. The lowest BCUT2D eigenvalue weighted by Crippen LogP contribution is -2.38. The summed E-state index contributed by atoms with van der Waals surface area (Å²) in [6, 6.07) is 9.99. The molecular formula is C27H21F2N7S. The minimum Gasteiger partial charge on any atom is -0.335 e. The monoisotopic (exact) mass is 513 g/mol. The second kappa shape index (κ2) is 8.32. The van der Waals surface area contributed by atoms with E-state index in [9.17, 15) is 8.78 Å². The molecule has 5 aromatic heterocycles. The van der Waals surface area contributed by atoms with Crippen LogP contribution in [-0.2, 0) is 6.54 Å². The Labute approximate surface area is 214 Å². The van der Waals surface area contributed by atoms with Gasteiger partial charge in [0.15, 0.2) is 5.82 Å². The number of H-pyrrole nitrogens is 1. The van der Waals surface area contributed by atoms with Gasteiger partial charge in [-0.3, -0.25) is 14.9 Å². The lowest BCUT2D eigenvalue weighted by atomic mass is 10.1. The van der Waals surface area contributed by atoms with E-state index < -0.39 is 5.92 Å². The molecule has 1 N–H and O–H groups in total. The first kappa shape index (κ1) is 22.3. The van der Waals surface area contributed by atoms with E-state index in [-0.39, 0.29) is 13.0 Å². The van der Waals surface area contributed by atoms with E-state index in [2.05, 4.69) is 39.0 Å². The zero-order valence-electron chi connectivity index (χ0n) is 19.9. The first-order valence-corrected chi connectivity index (χ1v) is 12.8. The average molecular weight is 514 g/mol. The minimum atomic E-state index is -2.61. The Bertz CT molecular complexity index is 1810. The van der Waals surface area contributed by atoms with Crippen molar-refractivity contribution in [2.24, 2.45) is 4.99 Å². The average Bonchev–Trinajstić information content (AvgIpc) is 3.57. The molecule has 0 spiro atoms. The molecule has 10 heteroatoms. The highest BCUT2D eigenvalue weighted by molar-refractivity contribution is 7.15. The van der Waals surface area contributed by atoms with Crippen LogP contribution >= 0.6 is 11.3 Å². The van der Waals surface area contributed by atoms with Crippen molar-refractivity contribution < 1.29 is 8.78 Å². The highest BCUT2D eigenvalue weighted by atomic mass is 32.1. The van der Waals surface area contributed by atoms with E-state index in [1.807, 2.05) is 24.4 Å². The van der Waals surface area contributed by atoms with Crippen LogP contribution in [0.4, 0.5) is 8.78 Å². The fraction of sp³-hybridized carbons (Fsp3) is 0.222. The third kappa shape index (κ3) is 4.02. The molecule has 7 heterocycles. The molecule has 184 valence electrons. The van der Waals surface area contributed by atoms with E-state index in [4.69, 9.17) is 9.97 Å². The molecule has 37 heavy (non-hydrogen) atoms. The van der Waals surface area contributed by atoms with E-state index in [0.29, 0.717) is 24.6 Å². The van der Waals surface area contributed by atoms with Crippen LogP contribution in [0.1, 0.15) is 22.7 Å². The number of likely N-dealkylation sites (tertiary alicyclic amines) is 1. The fourth-order valence-electron chi connectivity index (χ4n) is 4.88.